The highest BCUT2D eigenvalue weighted by atomic mass is 35.5. The van der Waals surface area contributed by atoms with Crippen LogP contribution in [0.5, 0.6) is 0 Å². The normalized spacial score (nSPS) is 16.7. The molecule has 138 valence electrons. The predicted octanol–water partition coefficient (Wildman–Crippen LogP) is 2.93. The van der Waals surface area contributed by atoms with Crippen molar-refractivity contribution in [3.05, 3.63) is 46.2 Å². The standard InChI is InChI=1S/C18H21ClN4O3/c1-2-26-18(25)17-16(20-22-21-17)14-7-4-10-23(14)15(24)9-8-12-5-3-6-13(19)11-12/h3,5-6,11,14H,2,4,7-10H2,1H3,(H,20,21,22). The Bertz CT molecular complexity index is 792. The van der Waals surface area contributed by atoms with Crippen molar-refractivity contribution in [1.82, 2.24) is 20.3 Å². The fourth-order valence-electron chi connectivity index (χ4n) is 3.26. The maximum absolute atomic E-state index is 12.7. The Labute approximate surface area is 156 Å². The summed E-state index contributed by atoms with van der Waals surface area (Å²) in [7, 11) is 0. The summed E-state index contributed by atoms with van der Waals surface area (Å²) >= 11 is 5.99. The van der Waals surface area contributed by atoms with Gasteiger partial charge in [-0.05, 0) is 43.9 Å². The predicted molar refractivity (Wildman–Crippen MR) is 95.8 cm³/mol. The van der Waals surface area contributed by atoms with Crippen LogP contribution in [0.15, 0.2) is 24.3 Å². The van der Waals surface area contributed by atoms with Crippen LogP contribution in [0.25, 0.3) is 0 Å². The molecular weight excluding hydrogens is 356 g/mol. The Kier molecular flexibility index (Phi) is 5.88. The average molecular weight is 377 g/mol. The summed E-state index contributed by atoms with van der Waals surface area (Å²) in [4.78, 5) is 26.6. The van der Waals surface area contributed by atoms with Gasteiger partial charge in [0.2, 0.25) is 5.91 Å². The Morgan fingerprint density at radius 3 is 3.00 bits per heavy atom. The Morgan fingerprint density at radius 1 is 1.38 bits per heavy atom. The monoisotopic (exact) mass is 376 g/mol. The molecule has 2 aromatic rings. The quantitative estimate of drug-likeness (QED) is 0.783. The Morgan fingerprint density at radius 2 is 2.23 bits per heavy atom. The minimum absolute atomic E-state index is 0.0327. The first kappa shape index (κ1) is 18.4. The molecule has 1 aromatic heterocycles. The minimum atomic E-state index is -0.519. The lowest BCUT2D eigenvalue weighted by Gasteiger charge is -2.23. The van der Waals surface area contributed by atoms with Crippen molar-refractivity contribution >= 4 is 23.5 Å². The number of H-pyrrole nitrogens is 1. The van der Waals surface area contributed by atoms with Crippen molar-refractivity contribution in [2.45, 2.75) is 38.6 Å². The van der Waals surface area contributed by atoms with Crippen LogP contribution >= 0.6 is 11.6 Å². The third kappa shape index (κ3) is 4.04. The summed E-state index contributed by atoms with van der Waals surface area (Å²) in [6, 6.07) is 7.26. The summed E-state index contributed by atoms with van der Waals surface area (Å²) in [5.74, 6) is -0.486. The topological polar surface area (TPSA) is 88.2 Å². The summed E-state index contributed by atoms with van der Waals surface area (Å²) in [5, 5.41) is 11.2. The van der Waals surface area contributed by atoms with Gasteiger partial charge in [-0.25, -0.2) is 4.79 Å². The van der Waals surface area contributed by atoms with E-state index in [2.05, 4.69) is 15.4 Å². The molecule has 1 aliphatic heterocycles. The highest BCUT2D eigenvalue weighted by Gasteiger charge is 2.35. The molecule has 0 aliphatic carbocycles. The Hall–Kier alpha value is -2.41. The van der Waals surface area contributed by atoms with Gasteiger partial charge in [0.25, 0.3) is 0 Å². The van der Waals surface area contributed by atoms with Gasteiger partial charge in [-0.3, -0.25) is 4.79 Å². The number of esters is 1. The number of halogens is 1. The highest BCUT2D eigenvalue weighted by Crippen LogP contribution is 2.33. The van der Waals surface area contributed by atoms with Gasteiger partial charge in [-0.2, -0.15) is 10.3 Å². The third-order valence-electron chi connectivity index (χ3n) is 4.45. The van der Waals surface area contributed by atoms with Crippen LogP contribution in [-0.4, -0.2) is 45.3 Å². The third-order valence-corrected chi connectivity index (χ3v) is 4.68. The lowest BCUT2D eigenvalue weighted by Crippen LogP contribution is -2.31. The summed E-state index contributed by atoms with van der Waals surface area (Å²) in [5.41, 5.74) is 1.67. The highest BCUT2D eigenvalue weighted by molar-refractivity contribution is 6.30. The van der Waals surface area contributed by atoms with Gasteiger partial charge in [0.15, 0.2) is 5.69 Å². The molecule has 0 saturated carbocycles. The van der Waals surface area contributed by atoms with Gasteiger partial charge in [-0.15, -0.1) is 5.10 Å². The van der Waals surface area contributed by atoms with Gasteiger partial charge in [0.05, 0.1) is 12.6 Å². The number of carbonyl (C=O) groups is 2. The molecule has 8 heteroatoms. The fourth-order valence-corrected chi connectivity index (χ4v) is 3.47. The number of hydrogen-bond acceptors (Lipinski definition) is 5. The van der Waals surface area contributed by atoms with Gasteiger partial charge in [-0.1, -0.05) is 23.7 Å². The molecule has 0 spiro atoms. The molecule has 0 radical (unpaired) electrons. The second-order valence-electron chi connectivity index (χ2n) is 6.15. The molecule has 1 fully saturated rings. The Balaban J connectivity index is 1.69. The zero-order valence-corrected chi connectivity index (χ0v) is 15.3. The first-order valence-corrected chi connectivity index (χ1v) is 9.09. The van der Waals surface area contributed by atoms with Crippen molar-refractivity contribution in [3.8, 4) is 0 Å². The van der Waals surface area contributed by atoms with Crippen molar-refractivity contribution < 1.29 is 14.3 Å². The smallest absolute Gasteiger partial charge is 0.360 e. The van der Waals surface area contributed by atoms with E-state index < -0.39 is 5.97 Å². The molecule has 1 N–H and O–H groups in total. The van der Waals surface area contributed by atoms with Gasteiger partial charge >= 0.3 is 5.97 Å². The number of nitrogens with zero attached hydrogens (tertiary/aromatic N) is 3. The summed E-state index contributed by atoms with van der Waals surface area (Å²) in [6.07, 6.45) is 2.61. The van der Waals surface area contributed by atoms with Crippen molar-refractivity contribution in [2.75, 3.05) is 13.2 Å². The molecule has 7 nitrogen and oxygen atoms in total. The zero-order chi connectivity index (χ0) is 18.5. The minimum Gasteiger partial charge on any atom is -0.461 e. The van der Waals surface area contributed by atoms with E-state index in [-0.39, 0.29) is 24.2 Å². The average Bonchev–Trinajstić information content (AvgIpc) is 3.28. The van der Waals surface area contributed by atoms with Crippen molar-refractivity contribution in [2.24, 2.45) is 0 Å². The SMILES string of the molecule is CCOC(=O)c1n[nH]nc1C1CCCN1C(=O)CCc1cccc(Cl)c1. The van der Waals surface area contributed by atoms with Gasteiger partial charge < -0.3 is 9.64 Å². The molecule has 1 aromatic carbocycles. The van der Waals surface area contributed by atoms with Crippen LogP contribution in [0.3, 0.4) is 0 Å². The zero-order valence-electron chi connectivity index (χ0n) is 14.6. The second-order valence-corrected chi connectivity index (χ2v) is 6.59. The number of hydrogen-bond donors (Lipinski definition) is 1. The first-order valence-electron chi connectivity index (χ1n) is 8.71. The van der Waals surface area contributed by atoms with Crippen LogP contribution in [0, 0.1) is 0 Å². The molecular formula is C18H21ClN4O3. The lowest BCUT2D eigenvalue weighted by molar-refractivity contribution is -0.132. The molecule has 2 heterocycles. The van der Waals surface area contributed by atoms with E-state index >= 15 is 0 Å². The fraction of sp³-hybridized carbons (Fsp3) is 0.444. The summed E-state index contributed by atoms with van der Waals surface area (Å²) in [6.45, 7) is 2.64. The van der Waals surface area contributed by atoms with Crippen LogP contribution in [0.4, 0.5) is 0 Å². The summed E-state index contributed by atoms with van der Waals surface area (Å²) < 4.78 is 5.02. The number of aromatic amines is 1. The molecule has 1 atom stereocenters. The second kappa shape index (κ2) is 8.31. The van der Waals surface area contributed by atoms with Crippen LogP contribution in [0.2, 0.25) is 5.02 Å². The largest absolute Gasteiger partial charge is 0.461 e. The molecule has 0 bridgehead atoms. The molecule has 3 rings (SSSR count). The number of ether oxygens (including phenoxy) is 1. The first-order chi connectivity index (χ1) is 12.6. The van der Waals surface area contributed by atoms with Gasteiger partial charge in [0, 0.05) is 18.0 Å². The van der Waals surface area contributed by atoms with Gasteiger partial charge in [0.1, 0.15) is 5.69 Å². The van der Waals surface area contributed by atoms with E-state index in [4.69, 9.17) is 16.3 Å². The number of carbonyl (C=O) groups excluding carboxylic acids is 2. The van der Waals surface area contributed by atoms with E-state index in [1.807, 2.05) is 24.3 Å². The van der Waals surface area contributed by atoms with Crippen LogP contribution in [-0.2, 0) is 16.0 Å². The van der Waals surface area contributed by atoms with Crippen LogP contribution in [0.1, 0.15) is 54.0 Å². The molecule has 1 saturated heterocycles. The van der Waals surface area contributed by atoms with Crippen LogP contribution < -0.4 is 0 Å². The number of likely N-dealkylation sites (tertiary alicyclic amines) is 1. The van der Waals surface area contributed by atoms with Crippen molar-refractivity contribution in [3.63, 3.8) is 0 Å². The van der Waals surface area contributed by atoms with E-state index in [0.717, 1.165) is 18.4 Å². The van der Waals surface area contributed by atoms with Crippen molar-refractivity contribution in [1.29, 1.82) is 0 Å². The van der Waals surface area contributed by atoms with E-state index in [0.29, 0.717) is 30.1 Å². The van der Waals surface area contributed by atoms with E-state index in [9.17, 15) is 9.59 Å². The maximum Gasteiger partial charge on any atom is 0.360 e. The molecule has 1 aliphatic rings. The molecule has 26 heavy (non-hydrogen) atoms. The molecule has 1 amide bonds. The van der Waals surface area contributed by atoms with E-state index in [1.54, 1.807) is 11.8 Å². The van der Waals surface area contributed by atoms with E-state index in [1.165, 1.54) is 0 Å². The number of aromatic nitrogens is 3. The number of benzene rings is 1. The maximum atomic E-state index is 12.7. The lowest BCUT2D eigenvalue weighted by atomic mass is 10.1. The number of nitrogens with one attached hydrogen (secondary N) is 1. The number of amides is 1. The number of aryl methyl sites for hydroxylation is 1. The molecule has 1 unspecified atom stereocenters. The number of rotatable bonds is 6.